The van der Waals surface area contributed by atoms with E-state index < -0.39 is 52.5 Å². The Morgan fingerprint density at radius 2 is 1.36 bits per heavy atom. The average Bonchev–Trinajstić information content (AvgIpc) is 3.09. The van der Waals surface area contributed by atoms with Crippen molar-refractivity contribution in [3.8, 4) is 0 Å². The highest BCUT2D eigenvalue weighted by molar-refractivity contribution is 6.00. The Morgan fingerprint density at radius 1 is 0.857 bits per heavy atom. The van der Waals surface area contributed by atoms with E-state index in [1.807, 2.05) is 65.0 Å². The number of hydrogen-bond donors (Lipinski definition) is 1. The van der Waals surface area contributed by atoms with E-state index in [1.54, 1.807) is 53.4 Å². The minimum absolute atomic E-state index is 0.233. The van der Waals surface area contributed by atoms with Crippen molar-refractivity contribution in [2.75, 3.05) is 6.61 Å². The lowest BCUT2D eigenvalue weighted by atomic mass is 9.79. The van der Waals surface area contributed by atoms with Crippen LogP contribution in [0.25, 0.3) is 0 Å². The van der Waals surface area contributed by atoms with Crippen LogP contribution in [0.3, 0.4) is 0 Å². The van der Waals surface area contributed by atoms with Crippen LogP contribution < -0.4 is 5.32 Å². The quantitative estimate of drug-likeness (QED) is 0.316. The van der Waals surface area contributed by atoms with Gasteiger partial charge in [0.05, 0.1) is 29.7 Å². The molecule has 0 aromatic heterocycles. The number of benzene rings is 1. The molecule has 3 rings (SSSR count). The minimum Gasteiger partial charge on any atom is -0.457 e. The summed E-state index contributed by atoms with van der Waals surface area (Å²) in [5, 5.41) is 3.33. The van der Waals surface area contributed by atoms with E-state index in [0.717, 1.165) is 5.56 Å². The Morgan fingerprint density at radius 3 is 1.86 bits per heavy atom. The van der Waals surface area contributed by atoms with Crippen LogP contribution in [0.2, 0.25) is 0 Å². The van der Waals surface area contributed by atoms with Crippen molar-refractivity contribution >= 4 is 18.0 Å². The third kappa shape index (κ3) is 8.15. The zero-order valence-electron chi connectivity index (χ0n) is 27.3. The third-order valence-corrected chi connectivity index (χ3v) is 6.62. The number of carbonyl (C=O) groups excluding carboxylic acids is 3. The molecule has 0 radical (unpaired) electrons. The molecular weight excluding hydrogens is 536 g/mol. The predicted molar refractivity (Wildman–Crippen MR) is 160 cm³/mol. The molecule has 2 heterocycles. The summed E-state index contributed by atoms with van der Waals surface area (Å²) in [6, 6.07) is 8.91. The Labute approximate surface area is 250 Å². The van der Waals surface area contributed by atoms with Gasteiger partial charge >= 0.3 is 18.0 Å². The van der Waals surface area contributed by atoms with Crippen molar-refractivity contribution in [3.63, 3.8) is 0 Å². The Hall–Kier alpha value is -3.33. The van der Waals surface area contributed by atoms with Crippen molar-refractivity contribution in [1.29, 1.82) is 0 Å². The van der Waals surface area contributed by atoms with Gasteiger partial charge < -0.3 is 24.3 Å². The van der Waals surface area contributed by atoms with Crippen molar-refractivity contribution < 1.29 is 33.3 Å². The maximum absolute atomic E-state index is 14.0. The minimum atomic E-state index is -0.931. The number of allylic oxidation sites excluding steroid dienone is 1. The number of amides is 1. The van der Waals surface area contributed by atoms with Gasteiger partial charge in [-0.25, -0.2) is 14.4 Å². The summed E-state index contributed by atoms with van der Waals surface area (Å²) in [7, 11) is 0. The average molecular weight is 585 g/mol. The zero-order chi connectivity index (χ0) is 31.8. The number of ether oxygens (including phenoxy) is 4. The van der Waals surface area contributed by atoms with E-state index in [1.165, 1.54) is 0 Å². The fourth-order valence-corrected chi connectivity index (χ4v) is 5.16. The molecule has 1 fully saturated rings. The van der Waals surface area contributed by atoms with Crippen LogP contribution in [-0.4, -0.2) is 58.1 Å². The maximum Gasteiger partial charge on any atom is 0.412 e. The van der Waals surface area contributed by atoms with E-state index in [2.05, 4.69) is 5.32 Å². The molecule has 0 unspecified atom stereocenters. The number of carbonyl (C=O) groups is 3. The van der Waals surface area contributed by atoms with Gasteiger partial charge in [0.25, 0.3) is 0 Å². The molecular formula is C33H48N2O7. The first-order valence-corrected chi connectivity index (χ1v) is 14.5. The highest BCUT2D eigenvalue weighted by Crippen LogP contribution is 2.42. The van der Waals surface area contributed by atoms with Crippen LogP contribution >= 0.6 is 0 Å². The van der Waals surface area contributed by atoms with Crippen molar-refractivity contribution in [2.24, 2.45) is 0 Å². The largest absolute Gasteiger partial charge is 0.457 e. The van der Waals surface area contributed by atoms with E-state index in [9.17, 15) is 14.4 Å². The fourth-order valence-electron chi connectivity index (χ4n) is 5.16. The summed E-state index contributed by atoms with van der Waals surface area (Å²) in [5.41, 5.74) is -0.717. The summed E-state index contributed by atoms with van der Waals surface area (Å²) >= 11 is 0. The van der Waals surface area contributed by atoms with Gasteiger partial charge in [0, 0.05) is 17.8 Å². The summed E-state index contributed by atoms with van der Waals surface area (Å²) in [5.74, 6) is -1.85. The Kier molecular flexibility index (Phi) is 9.28. The number of dihydropyridines is 1. The van der Waals surface area contributed by atoms with E-state index in [0.29, 0.717) is 17.0 Å². The molecule has 9 nitrogen and oxygen atoms in total. The van der Waals surface area contributed by atoms with Crippen LogP contribution in [0.4, 0.5) is 4.79 Å². The number of rotatable bonds is 5. The highest BCUT2D eigenvalue weighted by Gasteiger charge is 2.48. The molecule has 2 atom stereocenters. The number of nitrogens with one attached hydrogen (secondary N) is 1. The second-order valence-electron chi connectivity index (χ2n) is 14.4. The molecule has 0 saturated carbocycles. The number of hydrogen-bond acceptors (Lipinski definition) is 8. The SMILES string of the molecule is CC1=C(C(=O)OC(C)(C)C)[C@@H](c2ccccc2)C(C(=O)OC(C)(C)C)=C(C[C@H]2COC(C)(C)N2C(=O)OC(C)(C)C)N1. The molecule has 0 bridgehead atoms. The van der Waals surface area contributed by atoms with Gasteiger partial charge in [-0.1, -0.05) is 30.3 Å². The fraction of sp³-hybridized carbons (Fsp3) is 0.606. The van der Waals surface area contributed by atoms with Crippen LogP contribution in [-0.2, 0) is 28.5 Å². The highest BCUT2D eigenvalue weighted by atomic mass is 16.6. The van der Waals surface area contributed by atoms with Gasteiger partial charge in [-0.05, 0) is 88.6 Å². The molecule has 0 aliphatic carbocycles. The number of nitrogens with zero attached hydrogens (tertiary/aromatic N) is 1. The van der Waals surface area contributed by atoms with Crippen molar-refractivity contribution in [1.82, 2.24) is 10.2 Å². The van der Waals surface area contributed by atoms with Crippen molar-refractivity contribution in [2.45, 2.75) is 124 Å². The maximum atomic E-state index is 14.0. The first-order valence-electron chi connectivity index (χ1n) is 14.5. The van der Waals surface area contributed by atoms with Gasteiger partial charge in [0.2, 0.25) is 0 Å². The van der Waals surface area contributed by atoms with Crippen LogP contribution in [0.5, 0.6) is 0 Å². The molecule has 42 heavy (non-hydrogen) atoms. The van der Waals surface area contributed by atoms with Gasteiger partial charge in [-0.2, -0.15) is 0 Å². The van der Waals surface area contributed by atoms with Crippen LogP contribution in [0.1, 0.15) is 101 Å². The first-order chi connectivity index (χ1) is 19.1. The van der Waals surface area contributed by atoms with Gasteiger partial charge in [-0.3, -0.25) is 4.90 Å². The Bertz CT molecular complexity index is 1260. The molecule has 1 amide bonds. The third-order valence-electron chi connectivity index (χ3n) is 6.62. The summed E-state index contributed by atoms with van der Waals surface area (Å²) in [6.45, 7) is 21.9. The molecule has 1 N–H and O–H groups in total. The molecule has 1 saturated heterocycles. The van der Waals surface area contributed by atoms with E-state index >= 15 is 0 Å². The first kappa shape index (κ1) is 33.2. The molecule has 2 aliphatic heterocycles. The Balaban J connectivity index is 2.19. The van der Waals surface area contributed by atoms with Crippen LogP contribution in [0, 0.1) is 0 Å². The van der Waals surface area contributed by atoms with E-state index in [4.69, 9.17) is 18.9 Å². The normalized spacial score (nSPS) is 21.2. The second kappa shape index (κ2) is 11.7. The van der Waals surface area contributed by atoms with Gasteiger partial charge in [0.1, 0.15) is 22.5 Å². The zero-order valence-corrected chi connectivity index (χ0v) is 27.3. The smallest absolute Gasteiger partial charge is 0.412 e. The lowest BCUT2D eigenvalue weighted by Crippen LogP contribution is -2.50. The summed E-state index contributed by atoms with van der Waals surface area (Å²) < 4.78 is 23.5. The van der Waals surface area contributed by atoms with Gasteiger partial charge in [-0.15, -0.1) is 0 Å². The standard InChI is InChI=1S/C33H48N2O7/c1-20-24(27(36)40-30(2,3)4)25(21-16-14-13-15-17-21)26(28(37)41-31(5,6)7)23(34-20)18-22-19-39-33(11,12)35(22)29(38)42-32(8,9)10/h13-17,22,25,34H,18-19H2,1-12H3/t22-,25+/m0/s1. The topological polar surface area (TPSA) is 103 Å². The molecule has 232 valence electrons. The summed E-state index contributed by atoms with van der Waals surface area (Å²) in [4.78, 5) is 42.7. The molecule has 2 aliphatic rings. The molecule has 9 heteroatoms. The van der Waals surface area contributed by atoms with Gasteiger partial charge in [0.15, 0.2) is 0 Å². The lowest BCUT2D eigenvalue weighted by Gasteiger charge is -2.37. The molecule has 1 aromatic carbocycles. The predicted octanol–water partition coefficient (Wildman–Crippen LogP) is 6.35. The lowest BCUT2D eigenvalue weighted by molar-refractivity contribution is -0.150. The second-order valence-corrected chi connectivity index (χ2v) is 14.4. The number of esters is 2. The molecule has 0 spiro atoms. The van der Waals surface area contributed by atoms with E-state index in [-0.39, 0.29) is 18.6 Å². The monoisotopic (exact) mass is 584 g/mol. The summed E-state index contributed by atoms with van der Waals surface area (Å²) in [6.07, 6.45) is -0.272. The van der Waals surface area contributed by atoms with Crippen LogP contribution in [0.15, 0.2) is 52.9 Å². The molecule has 1 aromatic rings. The van der Waals surface area contributed by atoms with Crippen molar-refractivity contribution in [3.05, 3.63) is 58.4 Å².